The zero-order valence-electron chi connectivity index (χ0n) is 8.12. The number of benzene rings is 1. The van der Waals surface area contributed by atoms with Gasteiger partial charge in [0.05, 0.1) is 11.7 Å². The molecule has 1 aromatic carbocycles. The number of nitriles is 1. The summed E-state index contributed by atoms with van der Waals surface area (Å²) in [4.78, 5) is 11.2. The van der Waals surface area contributed by atoms with Crippen LogP contribution in [0.25, 0.3) is 0 Å². The SMILES string of the molecule is CC(N)C(=O)Nc1cccc(F)c1C#N. The van der Waals surface area contributed by atoms with Gasteiger partial charge in [-0.05, 0) is 19.1 Å². The second-order valence-corrected chi connectivity index (χ2v) is 3.05. The molecule has 1 atom stereocenters. The van der Waals surface area contributed by atoms with Crippen molar-refractivity contribution in [2.45, 2.75) is 13.0 Å². The van der Waals surface area contributed by atoms with Gasteiger partial charge in [-0.3, -0.25) is 4.79 Å². The quantitative estimate of drug-likeness (QED) is 0.758. The molecule has 0 aliphatic carbocycles. The van der Waals surface area contributed by atoms with E-state index >= 15 is 0 Å². The van der Waals surface area contributed by atoms with E-state index in [9.17, 15) is 9.18 Å². The molecule has 0 fully saturated rings. The molecule has 0 radical (unpaired) electrons. The number of anilines is 1. The molecule has 1 rings (SSSR count). The van der Waals surface area contributed by atoms with E-state index in [4.69, 9.17) is 11.0 Å². The van der Waals surface area contributed by atoms with Crippen LogP contribution in [0.1, 0.15) is 12.5 Å². The Morgan fingerprint density at radius 2 is 2.33 bits per heavy atom. The van der Waals surface area contributed by atoms with Crippen molar-refractivity contribution in [1.82, 2.24) is 0 Å². The van der Waals surface area contributed by atoms with Crippen LogP contribution in [0.15, 0.2) is 18.2 Å². The minimum Gasteiger partial charge on any atom is -0.323 e. The average molecular weight is 207 g/mol. The lowest BCUT2D eigenvalue weighted by Crippen LogP contribution is -2.32. The molecule has 0 aromatic heterocycles. The minimum absolute atomic E-state index is 0.139. The summed E-state index contributed by atoms with van der Waals surface area (Å²) in [5, 5.41) is 11.1. The third-order valence-electron chi connectivity index (χ3n) is 1.80. The maximum absolute atomic E-state index is 13.1. The van der Waals surface area contributed by atoms with Crippen LogP contribution in [-0.4, -0.2) is 11.9 Å². The van der Waals surface area contributed by atoms with Crippen molar-refractivity contribution < 1.29 is 9.18 Å². The number of amides is 1. The molecule has 0 aliphatic heterocycles. The molecule has 0 saturated carbocycles. The van der Waals surface area contributed by atoms with Gasteiger partial charge in [0.25, 0.3) is 0 Å². The highest BCUT2D eigenvalue weighted by molar-refractivity contribution is 5.95. The maximum atomic E-state index is 13.1. The zero-order chi connectivity index (χ0) is 11.4. The van der Waals surface area contributed by atoms with Gasteiger partial charge in [0.1, 0.15) is 17.4 Å². The number of rotatable bonds is 2. The zero-order valence-corrected chi connectivity index (χ0v) is 8.12. The van der Waals surface area contributed by atoms with Crippen molar-refractivity contribution in [3.8, 4) is 6.07 Å². The number of nitrogens with two attached hydrogens (primary N) is 1. The van der Waals surface area contributed by atoms with E-state index in [0.29, 0.717) is 0 Å². The molecule has 4 nitrogen and oxygen atoms in total. The lowest BCUT2D eigenvalue weighted by atomic mass is 10.1. The molecule has 1 aromatic rings. The first-order valence-electron chi connectivity index (χ1n) is 4.31. The number of hydrogen-bond donors (Lipinski definition) is 2. The predicted molar refractivity (Wildman–Crippen MR) is 53.4 cm³/mol. The number of nitrogens with zero attached hydrogens (tertiary/aromatic N) is 1. The van der Waals surface area contributed by atoms with Crippen LogP contribution in [0.5, 0.6) is 0 Å². The minimum atomic E-state index is -0.709. The molecule has 0 saturated heterocycles. The molecular weight excluding hydrogens is 197 g/mol. The summed E-state index contributed by atoms with van der Waals surface area (Å²) >= 11 is 0. The molecule has 5 heteroatoms. The third-order valence-corrected chi connectivity index (χ3v) is 1.80. The van der Waals surface area contributed by atoms with Crippen molar-refractivity contribution in [2.75, 3.05) is 5.32 Å². The van der Waals surface area contributed by atoms with E-state index in [0.717, 1.165) is 6.07 Å². The van der Waals surface area contributed by atoms with Gasteiger partial charge in [-0.15, -0.1) is 0 Å². The van der Waals surface area contributed by atoms with Gasteiger partial charge in [-0.1, -0.05) is 6.07 Å². The Hall–Kier alpha value is -1.93. The normalized spacial score (nSPS) is 11.6. The molecular formula is C10H10FN3O. The van der Waals surface area contributed by atoms with Crippen LogP contribution < -0.4 is 11.1 Å². The number of halogens is 1. The first-order valence-corrected chi connectivity index (χ1v) is 4.31. The molecule has 0 bridgehead atoms. The van der Waals surface area contributed by atoms with Crippen LogP contribution in [0.4, 0.5) is 10.1 Å². The summed E-state index contributed by atoms with van der Waals surface area (Å²) in [5.74, 6) is -1.13. The fourth-order valence-corrected chi connectivity index (χ4v) is 0.988. The Kier molecular flexibility index (Phi) is 3.37. The van der Waals surface area contributed by atoms with Gasteiger partial charge in [0.2, 0.25) is 5.91 Å². The molecule has 0 heterocycles. The second kappa shape index (κ2) is 4.53. The van der Waals surface area contributed by atoms with Gasteiger partial charge in [-0.2, -0.15) is 5.26 Å². The summed E-state index contributed by atoms with van der Waals surface area (Å²) in [6, 6.07) is 4.98. The van der Waals surface area contributed by atoms with Gasteiger partial charge < -0.3 is 11.1 Å². The summed E-state index contributed by atoms with van der Waals surface area (Å²) in [6.45, 7) is 1.50. The van der Waals surface area contributed by atoms with E-state index in [1.54, 1.807) is 6.07 Å². The standard InChI is InChI=1S/C10H10FN3O/c1-6(13)10(15)14-9-4-2-3-8(11)7(9)5-12/h2-4,6H,13H2,1H3,(H,14,15). The number of hydrogen-bond acceptors (Lipinski definition) is 3. The lowest BCUT2D eigenvalue weighted by Gasteiger charge is -2.09. The molecule has 0 spiro atoms. The van der Waals surface area contributed by atoms with Crippen LogP contribution in [0.2, 0.25) is 0 Å². The molecule has 15 heavy (non-hydrogen) atoms. The van der Waals surface area contributed by atoms with Gasteiger partial charge >= 0.3 is 0 Å². The van der Waals surface area contributed by atoms with E-state index in [-0.39, 0.29) is 11.3 Å². The summed E-state index contributed by atoms with van der Waals surface area (Å²) in [5.41, 5.74) is 5.27. The monoisotopic (exact) mass is 207 g/mol. The Bertz CT molecular complexity index is 423. The van der Waals surface area contributed by atoms with Crippen molar-refractivity contribution in [1.29, 1.82) is 5.26 Å². The van der Waals surface area contributed by atoms with Crippen molar-refractivity contribution in [3.63, 3.8) is 0 Å². The van der Waals surface area contributed by atoms with Gasteiger partial charge in [0.15, 0.2) is 0 Å². The number of nitrogens with one attached hydrogen (secondary N) is 1. The summed E-state index contributed by atoms with van der Waals surface area (Å²) in [6.07, 6.45) is 0. The molecule has 3 N–H and O–H groups in total. The summed E-state index contributed by atoms with van der Waals surface area (Å²) in [7, 11) is 0. The Balaban J connectivity index is 3.01. The third kappa shape index (κ3) is 2.51. The van der Waals surface area contributed by atoms with E-state index in [2.05, 4.69) is 5.32 Å². The Morgan fingerprint density at radius 1 is 1.67 bits per heavy atom. The lowest BCUT2D eigenvalue weighted by molar-refractivity contribution is -0.117. The first-order chi connectivity index (χ1) is 7.06. The largest absolute Gasteiger partial charge is 0.323 e. The Morgan fingerprint density at radius 3 is 2.87 bits per heavy atom. The molecule has 1 unspecified atom stereocenters. The number of carbonyl (C=O) groups is 1. The fraction of sp³-hybridized carbons (Fsp3) is 0.200. The van der Waals surface area contributed by atoms with E-state index in [1.165, 1.54) is 19.1 Å². The van der Waals surface area contributed by atoms with E-state index in [1.807, 2.05) is 0 Å². The maximum Gasteiger partial charge on any atom is 0.241 e. The van der Waals surface area contributed by atoms with Crippen LogP contribution in [0.3, 0.4) is 0 Å². The van der Waals surface area contributed by atoms with Crippen molar-refractivity contribution >= 4 is 11.6 Å². The topological polar surface area (TPSA) is 78.9 Å². The van der Waals surface area contributed by atoms with Crippen LogP contribution in [0, 0.1) is 17.1 Å². The molecule has 0 aliphatic rings. The highest BCUT2D eigenvalue weighted by atomic mass is 19.1. The first kappa shape index (κ1) is 11.1. The van der Waals surface area contributed by atoms with Crippen LogP contribution >= 0.6 is 0 Å². The molecule has 78 valence electrons. The van der Waals surface area contributed by atoms with Gasteiger partial charge in [0, 0.05) is 0 Å². The highest BCUT2D eigenvalue weighted by Crippen LogP contribution is 2.17. The summed E-state index contributed by atoms with van der Waals surface area (Å²) < 4.78 is 13.1. The number of carbonyl (C=O) groups excluding carboxylic acids is 1. The smallest absolute Gasteiger partial charge is 0.241 e. The fourth-order valence-electron chi connectivity index (χ4n) is 0.988. The Labute approximate surface area is 86.5 Å². The second-order valence-electron chi connectivity index (χ2n) is 3.05. The molecule has 1 amide bonds. The van der Waals surface area contributed by atoms with Crippen molar-refractivity contribution in [3.05, 3.63) is 29.6 Å². The van der Waals surface area contributed by atoms with Crippen molar-refractivity contribution in [2.24, 2.45) is 5.73 Å². The predicted octanol–water partition coefficient (Wildman–Crippen LogP) is 0.983. The highest BCUT2D eigenvalue weighted by Gasteiger charge is 2.12. The van der Waals surface area contributed by atoms with Crippen LogP contribution in [-0.2, 0) is 4.79 Å². The van der Waals surface area contributed by atoms with Gasteiger partial charge in [-0.25, -0.2) is 4.39 Å². The van der Waals surface area contributed by atoms with E-state index < -0.39 is 17.8 Å². The average Bonchev–Trinajstić information content (AvgIpc) is 2.18.